The lowest BCUT2D eigenvalue weighted by Crippen LogP contribution is -2.32. The van der Waals surface area contributed by atoms with E-state index in [9.17, 15) is 13.2 Å². The van der Waals surface area contributed by atoms with Gasteiger partial charge in [-0.2, -0.15) is 13.2 Å². The molecule has 1 N–H and O–H groups in total. The van der Waals surface area contributed by atoms with Gasteiger partial charge in [-0.3, -0.25) is 4.90 Å². The van der Waals surface area contributed by atoms with Crippen LogP contribution in [0, 0.1) is 0 Å². The van der Waals surface area contributed by atoms with Gasteiger partial charge in [-0.1, -0.05) is 6.08 Å². The van der Waals surface area contributed by atoms with E-state index in [4.69, 9.17) is 0 Å². The molecular weight excluding hydrogens is 217 g/mol. The molecule has 0 radical (unpaired) electrons. The minimum atomic E-state index is -4.13. The summed E-state index contributed by atoms with van der Waals surface area (Å²) in [6, 6.07) is 0. The first kappa shape index (κ1) is 13.5. The summed E-state index contributed by atoms with van der Waals surface area (Å²) < 4.78 is 37.0. The molecule has 0 fully saturated rings. The first-order chi connectivity index (χ1) is 7.54. The third-order valence-electron chi connectivity index (χ3n) is 2.81. The van der Waals surface area contributed by atoms with E-state index >= 15 is 0 Å². The van der Waals surface area contributed by atoms with Gasteiger partial charge in [0.15, 0.2) is 0 Å². The molecule has 0 amide bonds. The van der Waals surface area contributed by atoms with Crippen LogP contribution in [0.4, 0.5) is 13.2 Å². The number of hydrogen-bond donors (Lipinski definition) is 1. The Bertz CT molecular complexity index is 236. The fourth-order valence-electron chi connectivity index (χ4n) is 1.81. The fraction of sp³-hybridized carbons (Fsp3) is 0.818. The lowest BCUT2D eigenvalue weighted by Gasteiger charge is -2.27. The maximum absolute atomic E-state index is 12.3. The highest BCUT2D eigenvalue weighted by atomic mass is 19.4. The molecule has 94 valence electrons. The highest BCUT2D eigenvalue weighted by molar-refractivity contribution is 5.12. The molecular formula is C11H19F3N2. The second-order valence-electron chi connectivity index (χ2n) is 4.09. The van der Waals surface area contributed by atoms with E-state index in [1.165, 1.54) is 6.08 Å². The summed E-state index contributed by atoms with van der Waals surface area (Å²) in [4.78, 5) is 2.07. The summed E-state index contributed by atoms with van der Waals surface area (Å²) in [5, 5.41) is 3.05. The maximum atomic E-state index is 12.3. The van der Waals surface area contributed by atoms with Crippen LogP contribution in [0.1, 0.15) is 19.3 Å². The molecule has 0 bridgehead atoms. The molecule has 1 heterocycles. The van der Waals surface area contributed by atoms with Gasteiger partial charge in [0, 0.05) is 18.7 Å². The molecule has 0 aromatic heterocycles. The Balaban J connectivity index is 2.23. The quantitative estimate of drug-likeness (QED) is 0.581. The van der Waals surface area contributed by atoms with Crippen LogP contribution in [0.2, 0.25) is 0 Å². The summed E-state index contributed by atoms with van der Waals surface area (Å²) in [7, 11) is 1.90. The number of alkyl halides is 3. The second kappa shape index (κ2) is 6.25. The maximum Gasteiger partial charge on any atom is 0.412 e. The van der Waals surface area contributed by atoms with Crippen LogP contribution in [-0.2, 0) is 0 Å². The van der Waals surface area contributed by atoms with E-state index in [0.717, 1.165) is 25.9 Å². The van der Waals surface area contributed by atoms with Crippen LogP contribution in [0.15, 0.2) is 11.6 Å². The molecule has 1 aliphatic rings. The molecule has 0 spiro atoms. The van der Waals surface area contributed by atoms with Crippen LogP contribution in [0.5, 0.6) is 0 Å². The molecule has 1 rings (SSSR count). The first-order valence-corrected chi connectivity index (χ1v) is 5.67. The molecule has 0 saturated carbocycles. The van der Waals surface area contributed by atoms with Gasteiger partial charge in [0.1, 0.15) is 0 Å². The molecule has 2 nitrogen and oxygen atoms in total. The lowest BCUT2D eigenvalue weighted by atomic mass is 10.1. The lowest BCUT2D eigenvalue weighted by molar-refractivity contribution is -0.0960. The van der Waals surface area contributed by atoms with Crippen molar-refractivity contribution in [1.82, 2.24) is 10.2 Å². The summed E-state index contributed by atoms with van der Waals surface area (Å²) >= 11 is 0. The van der Waals surface area contributed by atoms with Gasteiger partial charge in [-0.05, 0) is 39.4 Å². The first-order valence-electron chi connectivity index (χ1n) is 5.67. The zero-order valence-corrected chi connectivity index (χ0v) is 9.61. The molecule has 0 aromatic rings. The number of unbranched alkanes of at least 4 members (excludes halogenated alkanes) is 1. The fourth-order valence-corrected chi connectivity index (χ4v) is 1.81. The van der Waals surface area contributed by atoms with Crippen molar-refractivity contribution in [2.24, 2.45) is 0 Å². The average molecular weight is 236 g/mol. The van der Waals surface area contributed by atoms with Crippen molar-refractivity contribution < 1.29 is 13.2 Å². The van der Waals surface area contributed by atoms with E-state index in [0.29, 0.717) is 13.1 Å². The molecule has 0 aromatic carbocycles. The van der Waals surface area contributed by atoms with Crippen LogP contribution in [0.25, 0.3) is 0 Å². The molecule has 0 unspecified atom stereocenters. The highest BCUT2D eigenvalue weighted by Gasteiger charge is 2.34. The number of nitrogens with zero attached hydrogens (tertiary/aromatic N) is 1. The van der Waals surface area contributed by atoms with E-state index < -0.39 is 6.18 Å². The SMILES string of the molecule is CNCCCCN1CC=C(C(F)(F)F)CC1. The van der Waals surface area contributed by atoms with Crippen LogP contribution in [0.3, 0.4) is 0 Å². The minimum absolute atomic E-state index is 0.134. The van der Waals surface area contributed by atoms with Crippen LogP contribution in [-0.4, -0.2) is 44.3 Å². The molecule has 0 saturated heterocycles. The Morgan fingerprint density at radius 1 is 1.38 bits per heavy atom. The summed E-state index contributed by atoms with van der Waals surface area (Å²) in [6.07, 6.45) is -0.561. The van der Waals surface area contributed by atoms with Crippen molar-refractivity contribution in [2.45, 2.75) is 25.4 Å². The Kier molecular flexibility index (Phi) is 5.28. The van der Waals surface area contributed by atoms with Crippen LogP contribution >= 0.6 is 0 Å². The Hall–Kier alpha value is -0.550. The monoisotopic (exact) mass is 236 g/mol. The van der Waals surface area contributed by atoms with Crippen LogP contribution < -0.4 is 5.32 Å². The number of nitrogens with one attached hydrogen (secondary N) is 1. The van der Waals surface area contributed by atoms with Crippen molar-refractivity contribution in [1.29, 1.82) is 0 Å². The third kappa shape index (κ3) is 4.53. The number of halogens is 3. The zero-order valence-electron chi connectivity index (χ0n) is 9.61. The van der Waals surface area contributed by atoms with Crippen molar-refractivity contribution >= 4 is 0 Å². The van der Waals surface area contributed by atoms with E-state index in [1.807, 2.05) is 7.05 Å². The average Bonchev–Trinajstić information content (AvgIpc) is 2.24. The standard InChI is InChI=1S/C11H19F3N2/c1-15-6-2-3-7-16-8-4-10(5-9-16)11(12,13)14/h4,15H,2-3,5-9H2,1H3. The molecule has 5 heteroatoms. The number of rotatable bonds is 5. The normalized spacial score (nSPS) is 18.6. The Labute approximate surface area is 94.5 Å². The second-order valence-corrected chi connectivity index (χ2v) is 4.09. The number of hydrogen-bond acceptors (Lipinski definition) is 2. The Morgan fingerprint density at radius 3 is 2.62 bits per heavy atom. The van der Waals surface area contributed by atoms with Gasteiger partial charge in [-0.25, -0.2) is 0 Å². The van der Waals surface area contributed by atoms with Gasteiger partial charge < -0.3 is 5.32 Å². The summed E-state index contributed by atoms with van der Waals surface area (Å²) in [6.45, 7) is 2.83. The van der Waals surface area contributed by atoms with Gasteiger partial charge >= 0.3 is 6.18 Å². The van der Waals surface area contributed by atoms with Gasteiger partial charge in [0.25, 0.3) is 0 Å². The van der Waals surface area contributed by atoms with E-state index in [1.54, 1.807) is 0 Å². The van der Waals surface area contributed by atoms with Crippen molar-refractivity contribution in [3.63, 3.8) is 0 Å². The predicted octanol–water partition coefficient (Wildman–Crippen LogP) is 2.18. The molecule has 0 atom stereocenters. The topological polar surface area (TPSA) is 15.3 Å². The summed E-state index contributed by atoms with van der Waals surface area (Å²) in [5.74, 6) is 0. The third-order valence-corrected chi connectivity index (χ3v) is 2.81. The molecule has 1 aliphatic heterocycles. The van der Waals surface area contributed by atoms with E-state index in [-0.39, 0.29) is 12.0 Å². The van der Waals surface area contributed by atoms with Crippen molar-refractivity contribution in [2.75, 3.05) is 33.2 Å². The molecule has 16 heavy (non-hydrogen) atoms. The van der Waals surface area contributed by atoms with Gasteiger partial charge in [0.2, 0.25) is 0 Å². The largest absolute Gasteiger partial charge is 0.412 e. The van der Waals surface area contributed by atoms with Crippen molar-refractivity contribution in [3.8, 4) is 0 Å². The van der Waals surface area contributed by atoms with E-state index in [2.05, 4.69) is 10.2 Å². The van der Waals surface area contributed by atoms with Gasteiger partial charge in [-0.15, -0.1) is 0 Å². The zero-order chi connectivity index (χ0) is 12.0. The smallest absolute Gasteiger partial charge is 0.320 e. The van der Waals surface area contributed by atoms with Crippen molar-refractivity contribution in [3.05, 3.63) is 11.6 Å². The Morgan fingerprint density at radius 2 is 2.12 bits per heavy atom. The predicted molar refractivity (Wildman–Crippen MR) is 58.4 cm³/mol. The highest BCUT2D eigenvalue weighted by Crippen LogP contribution is 2.30. The van der Waals surface area contributed by atoms with Gasteiger partial charge in [0.05, 0.1) is 0 Å². The summed E-state index contributed by atoms with van der Waals surface area (Å²) in [5.41, 5.74) is -0.362. The molecule has 0 aliphatic carbocycles. The minimum Gasteiger partial charge on any atom is -0.320 e.